The van der Waals surface area contributed by atoms with Crippen molar-refractivity contribution in [3.8, 4) is 0 Å². The minimum absolute atomic E-state index is 0.0711. The fourth-order valence-corrected chi connectivity index (χ4v) is 4.14. The molecule has 1 N–H and O–H groups in total. The first-order valence-corrected chi connectivity index (χ1v) is 9.96. The van der Waals surface area contributed by atoms with Crippen LogP contribution in [0.1, 0.15) is 22.9 Å². The Hall–Kier alpha value is -2.90. The lowest BCUT2D eigenvalue weighted by molar-refractivity contribution is -0.384. The lowest BCUT2D eigenvalue weighted by Crippen LogP contribution is -2.44. The van der Waals surface area contributed by atoms with Gasteiger partial charge >= 0.3 is 0 Å². The molecule has 2 heterocycles. The molecule has 1 atom stereocenters. The Morgan fingerprint density at radius 2 is 1.93 bits per heavy atom. The van der Waals surface area contributed by atoms with Gasteiger partial charge in [0.2, 0.25) is 0 Å². The molecule has 4 rings (SSSR count). The molecule has 8 heteroatoms. The summed E-state index contributed by atoms with van der Waals surface area (Å²) >= 11 is 12.0. The van der Waals surface area contributed by atoms with Crippen LogP contribution in [0.3, 0.4) is 0 Å². The molecule has 29 heavy (non-hydrogen) atoms. The maximum absolute atomic E-state index is 11.0. The molecule has 6 nitrogen and oxygen atoms in total. The van der Waals surface area contributed by atoms with Crippen LogP contribution in [0.15, 0.2) is 60.8 Å². The Labute approximate surface area is 178 Å². The Balaban J connectivity index is 1.68. The third-order valence-electron chi connectivity index (χ3n) is 5.23. The number of fused-ring (bicyclic) bond motifs is 1. The molecule has 1 aromatic heterocycles. The van der Waals surface area contributed by atoms with Crippen LogP contribution >= 0.6 is 23.8 Å². The smallest absolute Gasteiger partial charge is 0.269 e. The number of nitrogens with zero attached hydrogens (tertiary/aromatic N) is 3. The van der Waals surface area contributed by atoms with Gasteiger partial charge < -0.3 is 14.8 Å². The number of aromatic nitrogens is 1. The number of thiocarbonyl (C=S) groups is 1. The fraction of sp³-hybridized carbons (Fsp3) is 0.190. The molecule has 3 aromatic rings. The first-order valence-electron chi connectivity index (χ1n) is 9.18. The van der Waals surface area contributed by atoms with Crippen LogP contribution in [-0.2, 0) is 6.54 Å². The molecule has 0 amide bonds. The van der Waals surface area contributed by atoms with Crippen molar-refractivity contribution in [3.05, 3.63) is 92.8 Å². The summed E-state index contributed by atoms with van der Waals surface area (Å²) in [5.74, 6) is 0. The number of nitro groups is 1. The van der Waals surface area contributed by atoms with E-state index in [-0.39, 0.29) is 16.7 Å². The van der Waals surface area contributed by atoms with Gasteiger partial charge in [0.1, 0.15) is 0 Å². The van der Waals surface area contributed by atoms with Gasteiger partial charge in [-0.2, -0.15) is 0 Å². The van der Waals surface area contributed by atoms with Gasteiger partial charge in [-0.15, -0.1) is 0 Å². The molecule has 1 aliphatic rings. The number of benzene rings is 2. The van der Waals surface area contributed by atoms with Crippen molar-refractivity contribution >= 4 is 40.3 Å². The molecule has 0 fully saturated rings. The monoisotopic (exact) mass is 426 g/mol. The van der Waals surface area contributed by atoms with Crippen molar-refractivity contribution in [1.82, 2.24) is 9.47 Å². The van der Waals surface area contributed by atoms with Crippen LogP contribution < -0.4 is 5.32 Å². The van der Waals surface area contributed by atoms with Gasteiger partial charge in [0, 0.05) is 47.8 Å². The first-order chi connectivity index (χ1) is 14.0. The van der Waals surface area contributed by atoms with Gasteiger partial charge in [-0.05, 0) is 66.7 Å². The Morgan fingerprint density at radius 1 is 1.17 bits per heavy atom. The molecule has 0 aliphatic carbocycles. The summed E-state index contributed by atoms with van der Waals surface area (Å²) in [5.41, 5.74) is 3.91. The van der Waals surface area contributed by atoms with Crippen LogP contribution in [0.4, 0.5) is 11.4 Å². The largest absolute Gasteiger partial charge is 0.348 e. The van der Waals surface area contributed by atoms with Crippen molar-refractivity contribution in [2.24, 2.45) is 0 Å². The van der Waals surface area contributed by atoms with Gasteiger partial charge in [0.25, 0.3) is 5.69 Å². The molecule has 0 spiro atoms. The molecular weight excluding hydrogens is 408 g/mol. The fourth-order valence-electron chi connectivity index (χ4n) is 3.66. The third kappa shape index (κ3) is 3.71. The maximum atomic E-state index is 11.0. The molecular formula is C21H19ClN4O2S. The van der Waals surface area contributed by atoms with Crippen LogP contribution in [0.5, 0.6) is 0 Å². The molecule has 2 aromatic carbocycles. The summed E-state index contributed by atoms with van der Waals surface area (Å²) in [6.07, 6.45) is 2.04. The number of nitrogens with one attached hydrogen (secondary N) is 1. The van der Waals surface area contributed by atoms with E-state index >= 15 is 0 Å². The molecule has 1 aliphatic heterocycles. The van der Waals surface area contributed by atoms with E-state index in [9.17, 15) is 10.1 Å². The Bertz CT molecular complexity index is 1080. The van der Waals surface area contributed by atoms with Gasteiger partial charge in [-0.3, -0.25) is 10.1 Å². The maximum Gasteiger partial charge on any atom is 0.269 e. The van der Waals surface area contributed by atoms with Gasteiger partial charge in [0.15, 0.2) is 5.11 Å². The minimum Gasteiger partial charge on any atom is -0.348 e. The molecule has 0 radical (unpaired) electrons. The van der Waals surface area contributed by atoms with E-state index in [2.05, 4.69) is 20.9 Å². The van der Waals surface area contributed by atoms with E-state index < -0.39 is 0 Å². The average Bonchev–Trinajstić information content (AvgIpc) is 3.19. The van der Waals surface area contributed by atoms with E-state index in [1.807, 2.05) is 37.4 Å². The number of anilines is 1. The van der Waals surface area contributed by atoms with Crippen molar-refractivity contribution < 1.29 is 4.92 Å². The average molecular weight is 427 g/mol. The highest BCUT2D eigenvalue weighted by Gasteiger charge is 2.31. The molecule has 0 saturated heterocycles. The zero-order valence-electron chi connectivity index (χ0n) is 15.7. The van der Waals surface area contributed by atoms with E-state index in [1.165, 1.54) is 12.1 Å². The van der Waals surface area contributed by atoms with E-state index in [0.717, 1.165) is 35.6 Å². The molecule has 0 saturated carbocycles. The summed E-state index contributed by atoms with van der Waals surface area (Å²) in [6, 6.07) is 16.3. The Kier molecular flexibility index (Phi) is 5.25. The number of hydrogen-bond donors (Lipinski definition) is 1. The number of halogens is 1. The van der Waals surface area contributed by atoms with Gasteiger partial charge in [-0.1, -0.05) is 17.7 Å². The van der Waals surface area contributed by atoms with Crippen molar-refractivity contribution in [2.45, 2.75) is 19.5 Å². The normalized spacial score (nSPS) is 15.7. The van der Waals surface area contributed by atoms with Crippen molar-refractivity contribution in [2.75, 3.05) is 11.9 Å². The minimum atomic E-state index is -0.390. The summed E-state index contributed by atoms with van der Waals surface area (Å²) in [6.45, 7) is 3.47. The van der Waals surface area contributed by atoms with Crippen molar-refractivity contribution in [3.63, 3.8) is 0 Å². The first kappa shape index (κ1) is 19.4. The lowest BCUT2D eigenvalue weighted by Gasteiger charge is -2.39. The zero-order chi connectivity index (χ0) is 20.5. The van der Waals surface area contributed by atoms with Crippen LogP contribution in [-0.4, -0.2) is 26.0 Å². The highest BCUT2D eigenvalue weighted by atomic mass is 35.5. The topological polar surface area (TPSA) is 63.3 Å². The number of hydrogen-bond acceptors (Lipinski definition) is 3. The molecule has 0 bridgehead atoms. The SMILES string of the molecule is Cc1c(Cl)cccc1NC(=S)N1CCn2cccc2C1c1ccc([N+](=O)[O-])cc1. The Morgan fingerprint density at radius 3 is 2.66 bits per heavy atom. The summed E-state index contributed by atoms with van der Waals surface area (Å²) in [5, 5.41) is 15.6. The molecule has 148 valence electrons. The van der Waals surface area contributed by atoms with Crippen LogP contribution in [0.25, 0.3) is 0 Å². The third-order valence-corrected chi connectivity index (χ3v) is 5.97. The number of nitro benzene ring substituents is 1. The predicted octanol–water partition coefficient (Wildman–Crippen LogP) is 5.16. The second-order valence-corrected chi connectivity index (χ2v) is 7.71. The summed E-state index contributed by atoms with van der Waals surface area (Å²) < 4.78 is 2.19. The number of non-ortho nitro benzene ring substituents is 1. The second-order valence-electron chi connectivity index (χ2n) is 6.91. The highest BCUT2D eigenvalue weighted by molar-refractivity contribution is 7.80. The zero-order valence-corrected chi connectivity index (χ0v) is 17.3. The highest BCUT2D eigenvalue weighted by Crippen LogP contribution is 2.34. The quantitative estimate of drug-likeness (QED) is 0.356. The van der Waals surface area contributed by atoms with Crippen LogP contribution in [0.2, 0.25) is 5.02 Å². The molecule has 1 unspecified atom stereocenters. The van der Waals surface area contributed by atoms with Crippen molar-refractivity contribution in [1.29, 1.82) is 0 Å². The standard InChI is InChI=1S/C21H19ClN4O2S/c1-14-17(22)4-2-5-18(14)23-21(29)25-13-12-24-11-3-6-19(24)20(25)15-7-9-16(10-8-15)26(27)28/h2-11,20H,12-13H2,1H3,(H,23,29). The second kappa shape index (κ2) is 7.85. The van der Waals surface area contributed by atoms with Gasteiger partial charge in [0.05, 0.1) is 11.0 Å². The van der Waals surface area contributed by atoms with E-state index in [1.54, 1.807) is 12.1 Å². The van der Waals surface area contributed by atoms with Crippen LogP contribution in [0, 0.1) is 17.0 Å². The van der Waals surface area contributed by atoms with Gasteiger partial charge in [-0.25, -0.2) is 0 Å². The van der Waals surface area contributed by atoms with E-state index in [0.29, 0.717) is 10.1 Å². The predicted molar refractivity (Wildman–Crippen MR) is 118 cm³/mol. The summed E-state index contributed by atoms with van der Waals surface area (Å²) in [7, 11) is 0. The van der Waals surface area contributed by atoms with E-state index in [4.69, 9.17) is 23.8 Å². The number of rotatable bonds is 3. The lowest BCUT2D eigenvalue weighted by atomic mass is 10.00. The summed E-state index contributed by atoms with van der Waals surface area (Å²) in [4.78, 5) is 12.8.